The van der Waals surface area contributed by atoms with Crippen molar-refractivity contribution < 1.29 is 36.1 Å². The molecule has 13 heteroatoms. The summed E-state index contributed by atoms with van der Waals surface area (Å²) in [6, 6.07) is 1.19. The number of nitrogens with zero attached hydrogens (tertiary/aromatic N) is 1. The van der Waals surface area contributed by atoms with Gasteiger partial charge in [0.1, 0.15) is 18.3 Å². The number of aromatic amines is 1. The lowest BCUT2D eigenvalue weighted by molar-refractivity contribution is -0.202. The zero-order valence-electron chi connectivity index (χ0n) is 14.5. The minimum Gasteiger partial charge on any atom is -0.726 e. The molecule has 1 aromatic heterocycles. The molecule has 1 unspecified atom stereocenters. The molecule has 0 aromatic carbocycles. The van der Waals surface area contributed by atoms with Crippen molar-refractivity contribution in [3.05, 3.63) is 33.1 Å². The molecule has 0 radical (unpaired) electrons. The molecule has 3 heterocycles. The van der Waals surface area contributed by atoms with Gasteiger partial charge in [0.25, 0.3) is 5.56 Å². The molecule has 0 saturated carbocycles. The number of hydrogen-bond donors (Lipinski definition) is 1. The van der Waals surface area contributed by atoms with E-state index < -0.39 is 58.6 Å². The topological polar surface area (TPSA) is 158 Å². The molecular formula is C14H19N2O10S-. The van der Waals surface area contributed by atoms with E-state index in [1.807, 2.05) is 0 Å². The van der Waals surface area contributed by atoms with Gasteiger partial charge in [-0.3, -0.25) is 18.5 Å². The van der Waals surface area contributed by atoms with E-state index in [0.29, 0.717) is 0 Å². The van der Waals surface area contributed by atoms with Crippen molar-refractivity contribution in [2.24, 2.45) is 0 Å². The Morgan fingerprint density at radius 2 is 1.96 bits per heavy atom. The van der Waals surface area contributed by atoms with Gasteiger partial charge in [0.2, 0.25) is 10.4 Å². The molecule has 152 valence electrons. The van der Waals surface area contributed by atoms with Gasteiger partial charge in [0, 0.05) is 12.3 Å². The van der Waals surface area contributed by atoms with E-state index in [-0.39, 0.29) is 13.2 Å². The molecular weight excluding hydrogens is 388 g/mol. The summed E-state index contributed by atoms with van der Waals surface area (Å²) in [5, 5.41) is 0. The van der Waals surface area contributed by atoms with Gasteiger partial charge in [0.15, 0.2) is 12.0 Å². The number of ether oxygens (including phenoxy) is 4. The fourth-order valence-corrected chi connectivity index (χ4v) is 3.31. The molecule has 0 amide bonds. The Kier molecular flexibility index (Phi) is 5.54. The van der Waals surface area contributed by atoms with Crippen LogP contribution in [0, 0.1) is 0 Å². The van der Waals surface area contributed by atoms with Crippen LogP contribution < -0.4 is 11.2 Å². The number of nitrogens with one attached hydrogen (secondary N) is 1. The van der Waals surface area contributed by atoms with E-state index in [1.165, 1.54) is 16.8 Å². The van der Waals surface area contributed by atoms with Gasteiger partial charge in [-0.05, 0) is 13.8 Å². The van der Waals surface area contributed by atoms with Crippen molar-refractivity contribution in [3.8, 4) is 0 Å². The smallest absolute Gasteiger partial charge is 0.330 e. The monoisotopic (exact) mass is 407 g/mol. The Labute approximate surface area is 153 Å². The fourth-order valence-electron chi connectivity index (χ4n) is 3.04. The first-order chi connectivity index (χ1) is 12.6. The first-order valence-electron chi connectivity index (χ1n) is 8.06. The Morgan fingerprint density at radius 1 is 1.26 bits per heavy atom. The molecule has 2 fully saturated rings. The van der Waals surface area contributed by atoms with Gasteiger partial charge in [-0.1, -0.05) is 0 Å². The lowest BCUT2D eigenvalue weighted by Crippen LogP contribution is -2.37. The minimum atomic E-state index is -4.78. The summed E-state index contributed by atoms with van der Waals surface area (Å²) in [5.74, 6) is -0.916. The van der Waals surface area contributed by atoms with E-state index in [9.17, 15) is 22.6 Å². The maximum absolute atomic E-state index is 12.1. The summed E-state index contributed by atoms with van der Waals surface area (Å²) < 4.78 is 59.1. The summed E-state index contributed by atoms with van der Waals surface area (Å²) in [6.07, 6.45) is -1.38. The Bertz CT molecular complexity index is 892. The maximum atomic E-state index is 12.1. The normalized spacial score (nSPS) is 29.7. The van der Waals surface area contributed by atoms with E-state index in [1.54, 1.807) is 13.8 Å². The second kappa shape index (κ2) is 7.43. The van der Waals surface area contributed by atoms with Crippen LogP contribution in [0.3, 0.4) is 0 Å². The summed E-state index contributed by atoms with van der Waals surface area (Å²) in [7, 11) is -4.78. The van der Waals surface area contributed by atoms with Crippen LogP contribution in [0.1, 0.15) is 20.1 Å². The van der Waals surface area contributed by atoms with Crippen molar-refractivity contribution in [3.63, 3.8) is 0 Å². The van der Waals surface area contributed by atoms with E-state index in [0.717, 1.165) is 0 Å². The molecule has 1 N–H and O–H groups in total. The molecule has 0 aliphatic carbocycles. The molecule has 12 nitrogen and oxygen atoms in total. The van der Waals surface area contributed by atoms with E-state index in [4.69, 9.17) is 18.9 Å². The number of H-pyrrole nitrogens is 1. The second-order valence-electron chi connectivity index (χ2n) is 6.45. The third kappa shape index (κ3) is 4.82. The van der Waals surface area contributed by atoms with Gasteiger partial charge >= 0.3 is 5.69 Å². The van der Waals surface area contributed by atoms with Crippen LogP contribution in [-0.2, 0) is 33.5 Å². The van der Waals surface area contributed by atoms with E-state index >= 15 is 0 Å². The van der Waals surface area contributed by atoms with Gasteiger partial charge in [0.05, 0.1) is 19.8 Å². The highest BCUT2D eigenvalue weighted by Gasteiger charge is 2.56. The molecule has 3 rings (SSSR count). The lowest BCUT2D eigenvalue weighted by atomic mass is 10.1. The average Bonchev–Trinajstić information content (AvgIpc) is 3.00. The maximum Gasteiger partial charge on any atom is 0.330 e. The summed E-state index contributed by atoms with van der Waals surface area (Å²) >= 11 is 0. The zero-order chi connectivity index (χ0) is 19.8. The van der Waals surface area contributed by atoms with Crippen LogP contribution in [0.5, 0.6) is 0 Å². The Morgan fingerprint density at radius 3 is 2.63 bits per heavy atom. The molecule has 2 aliphatic rings. The van der Waals surface area contributed by atoms with Crippen molar-refractivity contribution >= 4 is 10.4 Å². The summed E-state index contributed by atoms with van der Waals surface area (Å²) in [5.41, 5.74) is -1.20. The van der Waals surface area contributed by atoms with Crippen molar-refractivity contribution in [2.45, 2.75) is 44.2 Å². The molecule has 2 aliphatic heterocycles. The molecule has 0 spiro atoms. The van der Waals surface area contributed by atoms with Gasteiger partial charge in [-0.25, -0.2) is 13.2 Å². The first-order valence-corrected chi connectivity index (χ1v) is 9.40. The van der Waals surface area contributed by atoms with Crippen LogP contribution in [0.4, 0.5) is 0 Å². The average molecular weight is 407 g/mol. The molecule has 2 saturated heterocycles. The largest absolute Gasteiger partial charge is 0.726 e. The van der Waals surface area contributed by atoms with Gasteiger partial charge in [-0.15, -0.1) is 0 Å². The van der Waals surface area contributed by atoms with Crippen molar-refractivity contribution in [2.75, 3.05) is 19.8 Å². The second-order valence-corrected chi connectivity index (χ2v) is 7.50. The van der Waals surface area contributed by atoms with Crippen LogP contribution in [0.2, 0.25) is 0 Å². The Hall–Kier alpha value is -1.61. The van der Waals surface area contributed by atoms with Crippen LogP contribution in [0.25, 0.3) is 0 Å². The predicted molar refractivity (Wildman–Crippen MR) is 85.5 cm³/mol. The molecule has 1 aromatic rings. The number of fused-ring (bicyclic) bond motifs is 1. The highest BCUT2D eigenvalue weighted by atomic mass is 32.3. The van der Waals surface area contributed by atoms with E-state index in [2.05, 4.69) is 9.17 Å². The van der Waals surface area contributed by atoms with Crippen LogP contribution in [-0.4, -0.2) is 66.4 Å². The lowest BCUT2D eigenvalue weighted by Gasteiger charge is -2.24. The van der Waals surface area contributed by atoms with Crippen molar-refractivity contribution in [1.82, 2.24) is 9.55 Å². The first kappa shape index (κ1) is 20.1. The highest BCUT2D eigenvalue weighted by Crippen LogP contribution is 2.42. The fraction of sp³-hybridized carbons (Fsp3) is 0.714. The van der Waals surface area contributed by atoms with Gasteiger partial charge in [-0.2, -0.15) is 0 Å². The zero-order valence-corrected chi connectivity index (χ0v) is 15.3. The third-order valence-electron chi connectivity index (χ3n) is 3.99. The van der Waals surface area contributed by atoms with Crippen molar-refractivity contribution in [1.29, 1.82) is 0 Å². The standard InChI is InChI=1S/C14H20N2O10S/c1-14(2)25-10-8(7-22-5-6-23-27(19,20)21)24-12(11(10)26-14)16-4-3-9(17)15-13(16)18/h3-4,8,10-12H,5-7H2,1-2H3,(H,15,17,18)(H,19,20,21)/p-1/t8-,10?,11+,12-/m1/s1. The van der Waals surface area contributed by atoms with Gasteiger partial charge < -0.3 is 23.5 Å². The summed E-state index contributed by atoms with van der Waals surface area (Å²) in [4.78, 5) is 25.5. The quantitative estimate of drug-likeness (QED) is 0.318. The summed E-state index contributed by atoms with van der Waals surface area (Å²) in [6.45, 7) is 2.81. The number of aromatic nitrogens is 2. The third-order valence-corrected chi connectivity index (χ3v) is 4.44. The highest BCUT2D eigenvalue weighted by molar-refractivity contribution is 7.80. The SMILES string of the molecule is CC1(C)OC2[C@@H](COCCOS(=O)(=O)[O-])O[C@@H](n3ccc(=O)[nH]c3=O)[C@H]2O1. The molecule has 27 heavy (non-hydrogen) atoms. The van der Waals surface area contributed by atoms with Crippen LogP contribution >= 0.6 is 0 Å². The number of rotatable bonds is 7. The van der Waals surface area contributed by atoms with Crippen LogP contribution in [0.15, 0.2) is 21.9 Å². The predicted octanol–water partition coefficient (Wildman–Crippen LogP) is -1.55. The molecule has 4 atom stereocenters. The number of hydrogen-bond acceptors (Lipinski definition) is 10. The Balaban J connectivity index is 1.69. The molecule has 0 bridgehead atoms. The minimum absolute atomic E-state index is 0.0164.